The summed E-state index contributed by atoms with van der Waals surface area (Å²) in [6.45, 7) is 7.40. The van der Waals surface area contributed by atoms with E-state index in [0.29, 0.717) is 12.3 Å². The topological polar surface area (TPSA) is 94.4 Å². The van der Waals surface area contributed by atoms with Gasteiger partial charge in [0.2, 0.25) is 5.90 Å². The molecule has 0 spiro atoms. The number of benzene rings is 1. The summed E-state index contributed by atoms with van der Waals surface area (Å²) in [6.07, 6.45) is 2.74. The molecule has 7 heteroatoms. The zero-order valence-electron chi connectivity index (χ0n) is 19.9. The van der Waals surface area contributed by atoms with Crippen molar-refractivity contribution in [3.05, 3.63) is 35.9 Å². The zero-order chi connectivity index (χ0) is 23.7. The maximum atomic E-state index is 13.1. The van der Waals surface area contributed by atoms with Gasteiger partial charge in [-0.25, -0.2) is 9.79 Å². The molecular weight excluding hydrogens is 410 g/mol. The lowest BCUT2D eigenvalue weighted by molar-refractivity contribution is -0.162. The summed E-state index contributed by atoms with van der Waals surface area (Å²) in [6, 6.07) is 9.40. The molecule has 1 heterocycles. The maximum Gasteiger partial charge on any atom is 0.337 e. The van der Waals surface area contributed by atoms with E-state index in [4.69, 9.17) is 14.2 Å². The number of hydrogen-bond acceptors (Lipinski definition) is 7. The van der Waals surface area contributed by atoms with Gasteiger partial charge in [0.25, 0.3) is 0 Å². The van der Waals surface area contributed by atoms with Crippen LogP contribution < -0.4 is 0 Å². The molecule has 0 unspecified atom stereocenters. The predicted molar refractivity (Wildman–Crippen MR) is 122 cm³/mol. The van der Waals surface area contributed by atoms with Gasteiger partial charge in [0.15, 0.2) is 5.54 Å². The first-order chi connectivity index (χ1) is 15.2. The molecule has 0 fully saturated rings. The molecule has 7 nitrogen and oxygen atoms in total. The maximum absolute atomic E-state index is 13.1. The Morgan fingerprint density at radius 3 is 2.47 bits per heavy atom. The Kier molecular flexibility index (Phi) is 9.69. The third kappa shape index (κ3) is 6.31. The molecule has 1 aromatic carbocycles. The number of aliphatic hydroxyl groups is 1. The molecule has 0 bridgehead atoms. The number of unbranched alkanes of at least 4 members (excludes halogenated alkanes) is 3. The van der Waals surface area contributed by atoms with E-state index in [1.165, 1.54) is 7.11 Å². The van der Waals surface area contributed by atoms with Crippen molar-refractivity contribution in [3.63, 3.8) is 0 Å². The molecule has 2 rings (SSSR count). The molecular formula is C25H37NO6. The lowest BCUT2D eigenvalue weighted by Gasteiger charge is -2.29. The van der Waals surface area contributed by atoms with Gasteiger partial charge in [-0.1, -0.05) is 64.7 Å². The molecule has 178 valence electrons. The summed E-state index contributed by atoms with van der Waals surface area (Å²) in [5.74, 6) is -1.42. The van der Waals surface area contributed by atoms with E-state index in [0.717, 1.165) is 31.2 Å². The monoisotopic (exact) mass is 447 g/mol. The van der Waals surface area contributed by atoms with E-state index >= 15 is 0 Å². The second-order valence-corrected chi connectivity index (χ2v) is 8.86. The minimum Gasteiger partial charge on any atom is -0.471 e. The Bertz CT molecular complexity index is 778. The van der Waals surface area contributed by atoms with Crippen molar-refractivity contribution >= 4 is 17.8 Å². The van der Waals surface area contributed by atoms with E-state index in [-0.39, 0.29) is 12.5 Å². The molecule has 1 N–H and O–H groups in total. The van der Waals surface area contributed by atoms with Gasteiger partial charge in [-0.05, 0) is 31.4 Å². The Labute approximate surface area is 191 Å². The van der Waals surface area contributed by atoms with Crippen molar-refractivity contribution in [1.82, 2.24) is 0 Å². The average molecular weight is 448 g/mol. The number of carbonyl (C=O) groups excluding carboxylic acids is 2. The van der Waals surface area contributed by atoms with Crippen molar-refractivity contribution in [3.8, 4) is 0 Å². The van der Waals surface area contributed by atoms with Crippen LogP contribution in [-0.4, -0.2) is 54.4 Å². The molecule has 0 aliphatic carbocycles. The summed E-state index contributed by atoms with van der Waals surface area (Å²) < 4.78 is 16.4. The smallest absolute Gasteiger partial charge is 0.337 e. The second-order valence-electron chi connectivity index (χ2n) is 8.86. The highest BCUT2D eigenvalue weighted by Gasteiger charge is 2.51. The largest absolute Gasteiger partial charge is 0.471 e. The number of aliphatic hydroxyl groups excluding tert-OH is 1. The number of esters is 2. The number of carbonyl (C=O) groups is 2. The van der Waals surface area contributed by atoms with E-state index in [1.807, 2.05) is 44.2 Å². The van der Waals surface area contributed by atoms with E-state index in [1.54, 1.807) is 6.92 Å². The molecule has 0 radical (unpaired) electrons. The molecule has 4 atom stereocenters. The number of rotatable bonds is 12. The van der Waals surface area contributed by atoms with Gasteiger partial charge in [-0.15, -0.1) is 0 Å². The van der Waals surface area contributed by atoms with Gasteiger partial charge in [-0.2, -0.15) is 0 Å². The molecule has 0 saturated carbocycles. The van der Waals surface area contributed by atoms with Crippen LogP contribution >= 0.6 is 0 Å². The first kappa shape index (κ1) is 25.8. The SMILES string of the molecule is CCCCCC[C@@H](C(=O)OC)[C@H](O)COC(=O)[C@]1(C)N=C(c2ccccc2)O[C@H]1C(C)C. The highest BCUT2D eigenvalue weighted by Crippen LogP contribution is 2.34. The highest BCUT2D eigenvalue weighted by molar-refractivity contribution is 5.99. The van der Waals surface area contributed by atoms with Crippen LogP contribution in [0.3, 0.4) is 0 Å². The van der Waals surface area contributed by atoms with Crippen molar-refractivity contribution in [2.24, 2.45) is 16.8 Å². The van der Waals surface area contributed by atoms with E-state index in [2.05, 4.69) is 11.9 Å². The fourth-order valence-electron chi connectivity index (χ4n) is 4.03. The van der Waals surface area contributed by atoms with Crippen LogP contribution in [0.1, 0.15) is 65.4 Å². The van der Waals surface area contributed by atoms with Crippen molar-refractivity contribution in [2.75, 3.05) is 13.7 Å². The predicted octanol–water partition coefficient (Wildman–Crippen LogP) is 3.91. The quantitative estimate of drug-likeness (QED) is 0.386. The standard InChI is InChI=1S/C25H37NO6/c1-6-7-8-12-15-19(23(28)30-5)20(27)16-31-24(29)25(4)21(17(2)3)32-22(26-25)18-13-10-9-11-14-18/h9-11,13-14,17,19-21,27H,6-8,12,15-16H2,1-5H3/t19-,20-,21+,25-/m1/s1. The van der Waals surface area contributed by atoms with E-state index in [9.17, 15) is 14.7 Å². The van der Waals surface area contributed by atoms with Gasteiger partial charge in [0.05, 0.1) is 13.0 Å². The normalized spacial score (nSPS) is 22.1. The Morgan fingerprint density at radius 2 is 1.88 bits per heavy atom. The van der Waals surface area contributed by atoms with Crippen LogP contribution in [0.5, 0.6) is 0 Å². The number of hydrogen-bond donors (Lipinski definition) is 1. The molecule has 1 aliphatic rings. The van der Waals surface area contributed by atoms with E-state index < -0.39 is 35.6 Å². The fraction of sp³-hybridized carbons (Fsp3) is 0.640. The summed E-state index contributed by atoms with van der Waals surface area (Å²) in [7, 11) is 1.30. The van der Waals surface area contributed by atoms with Gasteiger partial charge in [-0.3, -0.25) is 4.79 Å². The van der Waals surface area contributed by atoms with Gasteiger partial charge in [0.1, 0.15) is 18.8 Å². The van der Waals surface area contributed by atoms with Crippen molar-refractivity contribution in [1.29, 1.82) is 0 Å². The van der Waals surface area contributed by atoms with Crippen LogP contribution in [0.2, 0.25) is 0 Å². The van der Waals surface area contributed by atoms with Crippen molar-refractivity contribution < 1.29 is 28.9 Å². The summed E-state index contributed by atoms with van der Waals surface area (Å²) in [4.78, 5) is 29.8. The minimum absolute atomic E-state index is 0.00354. The third-order valence-electron chi connectivity index (χ3n) is 5.89. The van der Waals surface area contributed by atoms with Gasteiger partial charge in [0, 0.05) is 5.56 Å². The second kappa shape index (κ2) is 12.0. The Morgan fingerprint density at radius 1 is 1.19 bits per heavy atom. The molecule has 1 aromatic rings. The first-order valence-corrected chi connectivity index (χ1v) is 11.5. The zero-order valence-corrected chi connectivity index (χ0v) is 19.9. The summed E-state index contributed by atoms with van der Waals surface area (Å²) in [5, 5.41) is 10.6. The van der Waals surface area contributed by atoms with Crippen LogP contribution in [-0.2, 0) is 23.8 Å². The minimum atomic E-state index is -1.25. The van der Waals surface area contributed by atoms with Crippen LogP contribution in [0, 0.1) is 11.8 Å². The Hall–Kier alpha value is -2.41. The number of aliphatic imine (C=N–C) groups is 1. The number of ether oxygens (including phenoxy) is 3. The highest BCUT2D eigenvalue weighted by atomic mass is 16.6. The van der Waals surface area contributed by atoms with Gasteiger partial charge < -0.3 is 19.3 Å². The molecule has 0 amide bonds. The van der Waals surface area contributed by atoms with Crippen LogP contribution in [0.25, 0.3) is 0 Å². The first-order valence-electron chi connectivity index (χ1n) is 11.5. The van der Waals surface area contributed by atoms with Crippen molar-refractivity contribution in [2.45, 2.75) is 77.5 Å². The third-order valence-corrected chi connectivity index (χ3v) is 5.89. The fourth-order valence-corrected chi connectivity index (χ4v) is 4.03. The molecule has 0 saturated heterocycles. The van der Waals surface area contributed by atoms with Crippen LogP contribution in [0.4, 0.5) is 0 Å². The lowest BCUT2D eigenvalue weighted by atomic mass is 9.88. The molecule has 32 heavy (non-hydrogen) atoms. The average Bonchev–Trinajstić information content (AvgIpc) is 3.16. The lowest BCUT2D eigenvalue weighted by Crippen LogP contribution is -2.48. The van der Waals surface area contributed by atoms with Gasteiger partial charge >= 0.3 is 11.9 Å². The number of methoxy groups -OCH3 is 1. The molecule has 0 aromatic heterocycles. The summed E-state index contributed by atoms with van der Waals surface area (Å²) >= 11 is 0. The number of nitrogens with zero attached hydrogens (tertiary/aromatic N) is 1. The molecule has 1 aliphatic heterocycles. The summed E-state index contributed by atoms with van der Waals surface area (Å²) in [5.41, 5.74) is -0.464. The van der Waals surface area contributed by atoms with Crippen LogP contribution in [0.15, 0.2) is 35.3 Å². The Balaban J connectivity index is 2.09.